The van der Waals surface area contributed by atoms with Crippen LogP contribution in [-0.2, 0) is 12.0 Å². The van der Waals surface area contributed by atoms with Gasteiger partial charge in [0, 0.05) is 18.0 Å². The van der Waals surface area contributed by atoms with E-state index in [-0.39, 0.29) is 6.54 Å². The monoisotopic (exact) mass is 369 g/mol. The average molecular weight is 370 g/mol. The number of rotatable bonds is 7. The summed E-state index contributed by atoms with van der Waals surface area (Å²) in [4.78, 5) is 5.69. The Morgan fingerprint density at radius 3 is 2.71 bits per heavy atom. The Morgan fingerprint density at radius 1 is 1.33 bits per heavy atom. The second-order valence-electron chi connectivity index (χ2n) is 5.76. The molecule has 0 radical (unpaired) electrons. The first kappa shape index (κ1) is 18.8. The summed E-state index contributed by atoms with van der Waals surface area (Å²) >= 11 is 7.52. The summed E-state index contributed by atoms with van der Waals surface area (Å²) in [5.74, 6) is 1.96. The Labute approximate surface area is 151 Å². The van der Waals surface area contributed by atoms with Crippen molar-refractivity contribution in [3.05, 3.63) is 45.0 Å². The van der Waals surface area contributed by atoms with Crippen LogP contribution in [0, 0.1) is 6.92 Å². The Kier molecular flexibility index (Phi) is 6.71. The maximum absolute atomic E-state index is 10.6. The van der Waals surface area contributed by atoms with Crippen LogP contribution in [0.4, 0.5) is 0 Å². The fraction of sp³-hybridized carbons (Fsp3) is 0.471. The molecule has 0 amide bonds. The van der Waals surface area contributed by atoms with Gasteiger partial charge in [0.1, 0.15) is 17.1 Å². The number of aliphatic hydroxyl groups is 1. The van der Waals surface area contributed by atoms with Gasteiger partial charge in [0.2, 0.25) is 0 Å². The van der Waals surface area contributed by atoms with Gasteiger partial charge in [-0.05, 0) is 51.5 Å². The SMILES string of the molecule is CCNC(=NCC(C)(O)c1ccc(C)o1)NCCc1ccc(Cl)s1. The lowest BCUT2D eigenvalue weighted by molar-refractivity contribution is 0.0428. The molecule has 0 bridgehead atoms. The molecular weight excluding hydrogens is 346 g/mol. The van der Waals surface area contributed by atoms with Crippen molar-refractivity contribution in [1.29, 1.82) is 0 Å². The standard InChI is InChI=1S/C17H24ClN3O2S/c1-4-19-16(20-10-9-13-6-8-15(18)24-13)21-11-17(3,22)14-7-5-12(2)23-14/h5-8,22H,4,9-11H2,1-3H3,(H2,19,20,21). The molecule has 1 unspecified atom stereocenters. The molecule has 0 fully saturated rings. The van der Waals surface area contributed by atoms with Gasteiger partial charge in [0.15, 0.2) is 5.96 Å². The van der Waals surface area contributed by atoms with E-state index in [0.717, 1.165) is 29.6 Å². The zero-order chi connectivity index (χ0) is 17.6. The van der Waals surface area contributed by atoms with Gasteiger partial charge in [-0.2, -0.15) is 0 Å². The van der Waals surface area contributed by atoms with Gasteiger partial charge >= 0.3 is 0 Å². The highest BCUT2D eigenvalue weighted by atomic mass is 35.5. The number of halogens is 1. The van der Waals surface area contributed by atoms with Crippen LogP contribution in [0.1, 0.15) is 30.2 Å². The number of aryl methyl sites for hydroxylation is 1. The van der Waals surface area contributed by atoms with Crippen molar-refractivity contribution in [2.24, 2.45) is 4.99 Å². The molecule has 132 valence electrons. The first-order valence-corrected chi connectivity index (χ1v) is 9.16. The fourth-order valence-corrected chi connectivity index (χ4v) is 3.25. The predicted octanol–water partition coefficient (Wildman–Crippen LogP) is 3.31. The van der Waals surface area contributed by atoms with Crippen LogP contribution >= 0.6 is 22.9 Å². The Hall–Kier alpha value is -1.50. The maximum atomic E-state index is 10.6. The van der Waals surface area contributed by atoms with Crippen LogP contribution in [0.3, 0.4) is 0 Å². The summed E-state index contributed by atoms with van der Waals surface area (Å²) in [5, 5.41) is 17.0. The van der Waals surface area contributed by atoms with E-state index in [1.54, 1.807) is 24.3 Å². The van der Waals surface area contributed by atoms with Gasteiger partial charge < -0.3 is 20.2 Å². The number of hydrogen-bond donors (Lipinski definition) is 3. The van der Waals surface area contributed by atoms with E-state index in [4.69, 9.17) is 16.0 Å². The molecule has 0 aliphatic heterocycles. The van der Waals surface area contributed by atoms with E-state index in [0.29, 0.717) is 11.7 Å². The van der Waals surface area contributed by atoms with Gasteiger partial charge in [0.05, 0.1) is 10.9 Å². The van der Waals surface area contributed by atoms with Crippen LogP contribution in [0.15, 0.2) is 33.7 Å². The third-order valence-electron chi connectivity index (χ3n) is 3.45. The number of guanidine groups is 1. The minimum atomic E-state index is -1.14. The minimum Gasteiger partial charge on any atom is -0.463 e. The molecule has 0 saturated heterocycles. The summed E-state index contributed by atoms with van der Waals surface area (Å²) < 4.78 is 6.31. The van der Waals surface area contributed by atoms with Crippen LogP contribution in [0.5, 0.6) is 0 Å². The topological polar surface area (TPSA) is 69.8 Å². The quantitative estimate of drug-likeness (QED) is 0.517. The molecule has 2 heterocycles. The average Bonchev–Trinajstić information content (AvgIpc) is 3.14. The normalized spacial score (nSPS) is 14.5. The number of nitrogens with one attached hydrogen (secondary N) is 2. The van der Waals surface area contributed by atoms with E-state index in [2.05, 4.69) is 15.6 Å². The van der Waals surface area contributed by atoms with Gasteiger partial charge in [0.25, 0.3) is 0 Å². The maximum Gasteiger partial charge on any atom is 0.191 e. The predicted molar refractivity (Wildman–Crippen MR) is 100 cm³/mol. The van der Waals surface area contributed by atoms with Crippen molar-refractivity contribution in [2.75, 3.05) is 19.6 Å². The third-order valence-corrected chi connectivity index (χ3v) is 4.74. The molecule has 0 spiro atoms. The lowest BCUT2D eigenvalue weighted by Gasteiger charge is -2.19. The van der Waals surface area contributed by atoms with Crippen molar-refractivity contribution in [3.63, 3.8) is 0 Å². The minimum absolute atomic E-state index is 0.208. The molecular formula is C17H24ClN3O2S. The molecule has 1 atom stereocenters. The number of furan rings is 1. The Balaban J connectivity index is 1.91. The smallest absolute Gasteiger partial charge is 0.191 e. The largest absolute Gasteiger partial charge is 0.463 e. The van der Waals surface area contributed by atoms with Gasteiger partial charge in [-0.3, -0.25) is 0 Å². The number of hydrogen-bond acceptors (Lipinski definition) is 4. The number of aliphatic imine (C=N–C) groups is 1. The number of thiophene rings is 1. The first-order chi connectivity index (χ1) is 11.4. The van der Waals surface area contributed by atoms with Crippen molar-refractivity contribution in [1.82, 2.24) is 10.6 Å². The lowest BCUT2D eigenvalue weighted by atomic mass is 10.0. The molecule has 2 aromatic heterocycles. The second-order valence-corrected chi connectivity index (χ2v) is 7.56. The summed E-state index contributed by atoms with van der Waals surface area (Å²) in [6.45, 7) is 7.25. The molecule has 24 heavy (non-hydrogen) atoms. The van der Waals surface area contributed by atoms with Gasteiger partial charge in [-0.1, -0.05) is 11.6 Å². The van der Waals surface area contributed by atoms with Crippen molar-refractivity contribution in [2.45, 2.75) is 32.8 Å². The van der Waals surface area contributed by atoms with E-state index in [9.17, 15) is 5.11 Å². The zero-order valence-electron chi connectivity index (χ0n) is 14.2. The van der Waals surface area contributed by atoms with Crippen LogP contribution < -0.4 is 10.6 Å². The molecule has 3 N–H and O–H groups in total. The highest BCUT2D eigenvalue weighted by molar-refractivity contribution is 7.16. The van der Waals surface area contributed by atoms with Crippen LogP contribution in [-0.4, -0.2) is 30.7 Å². The fourth-order valence-electron chi connectivity index (χ4n) is 2.17. The molecule has 0 saturated carbocycles. The van der Waals surface area contributed by atoms with E-state index < -0.39 is 5.60 Å². The molecule has 0 aliphatic carbocycles. The van der Waals surface area contributed by atoms with E-state index in [1.165, 1.54) is 4.88 Å². The highest BCUT2D eigenvalue weighted by Crippen LogP contribution is 2.23. The molecule has 0 aliphatic rings. The summed E-state index contributed by atoms with van der Waals surface area (Å²) in [5.41, 5.74) is -1.14. The van der Waals surface area contributed by atoms with E-state index in [1.807, 2.05) is 32.0 Å². The number of nitrogens with zero attached hydrogens (tertiary/aromatic N) is 1. The Bertz CT molecular complexity index is 679. The van der Waals surface area contributed by atoms with Crippen LogP contribution in [0.25, 0.3) is 0 Å². The molecule has 2 aromatic rings. The Morgan fingerprint density at radius 2 is 2.12 bits per heavy atom. The molecule has 0 aromatic carbocycles. The van der Waals surface area contributed by atoms with Crippen LogP contribution in [0.2, 0.25) is 4.34 Å². The molecule has 7 heteroatoms. The summed E-state index contributed by atoms with van der Waals surface area (Å²) in [6, 6.07) is 7.56. The third kappa shape index (κ3) is 5.54. The van der Waals surface area contributed by atoms with Crippen molar-refractivity contribution < 1.29 is 9.52 Å². The zero-order valence-corrected chi connectivity index (χ0v) is 15.8. The van der Waals surface area contributed by atoms with Crippen molar-refractivity contribution in [3.8, 4) is 0 Å². The summed E-state index contributed by atoms with van der Waals surface area (Å²) in [7, 11) is 0. The first-order valence-electron chi connectivity index (χ1n) is 7.96. The van der Waals surface area contributed by atoms with E-state index >= 15 is 0 Å². The van der Waals surface area contributed by atoms with Crippen molar-refractivity contribution >= 4 is 28.9 Å². The molecule has 5 nitrogen and oxygen atoms in total. The second kappa shape index (κ2) is 8.55. The van der Waals surface area contributed by atoms with Gasteiger partial charge in [-0.15, -0.1) is 11.3 Å². The lowest BCUT2D eigenvalue weighted by Crippen LogP contribution is -2.39. The highest BCUT2D eigenvalue weighted by Gasteiger charge is 2.26. The van der Waals surface area contributed by atoms with Gasteiger partial charge in [-0.25, -0.2) is 4.99 Å². The molecule has 2 rings (SSSR count). The summed E-state index contributed by atoms with van der Waals surface area (Å²) in [6.07, 6.45) is 0.871.